The molecule has 0 fully saturated rings. The van der Waals surface area contributed by atoms with Crippen LogP contribution in [0.2, 0.25) is 0 Å². The molecule has 6 heteroatoms. The van der Waals surface area contributed by atoms with Crippen LogP contribution in [-0.4, -0.2) is 37.2 Å². The lowest BCUT2D eigenvalue weighted by Gasteiger charge is -2.17. The molecule has 0 aliphatic heterocycles. The van der Waals surface area contributed by atoms with Gasteiger partial charge in [-0.2, -0.15) is 0 Å². The Morgan fingerprint density at radius 1 is 0.667 bits per heavy atom. The summed E-state index contributed by atoms with van der Waals surface area (Å²) in [5, 5.41) is 0. The molecule has 0 radical (unpaired) electrons. The maximum absolute atomic E-state index is 11.9. The summed E-state index contributed by atoms with van der Waals surface area (Å²) in [4.78, 5) is 33.7. The highest BCUT2D eigenvalue weighted by atomic mass is 16.6. The van der Waals surface area contributed by atoms with Crippen molar-refractivity contribution in [3.8, 4) is 0 Å². The first-order chi connectivity index (χ1) is 13.0. The highest BCUT2D eigenvalue weighted by molar-refractivity contribution is 5.70. The van der Waals surface area contributed by atoms with Gasteiger partial charge >= 0.3 is 17.9 Å². The molecule has 0 aliphatic carbocycles. The Bertz CT molecular complexity index is 389. The normalized spacial score (nSPS) is 10.7. The van der Waals surface area contributed by atoms with Crippen molar-refractivity contribution < 1.29 is 28.6 Å². The molecule has 0 aliphatic rings. The molecule has 158 valence electrons. The lowest BCUT2D eigenvalue weighted by Crippen LogP contribution is -2.30. The molecule has 27 heavy (non-hydrogen) atoms. The molecule has 0 amide bonds. The zero-order chi connectivity index (χ0) is 20.3. The third-order valence-corrected chi connectivity index (χ3v) is 4.23. The second-order valence-corrected chi connectivity index (χ2v) is 7.00. The number of carbonyl (C=O) groups is 3. The lowest BCUT2D eigenvalue weighted by molar-refractivity contribution is -0.165. The van der Waals surface area contributed by atoms with Crippen LogP contribution in [0.25, 0.3) is 0 Å². The number of hydrogen-bond donors (Lipinski definition) is 0. The molecule has 0 N–H and O–H groups in total. The first kappa shape index (κ1) is 25.4. The van der Waals surface area contributed by atoms with Crippen molar-refractivity contribution >= 4 is 17.9 Å². The zero-order valence-corrected chi connectivity index (χ0v) is 17.4. The molecule has 6 nitrogen and oxygen atoms in total. The number of hydrogen-bond acceptors (Lipinski definition) is 6. The molecule has 0 saturated heterocycles. The third kappa shape index (κ3) is 19.0. The minimum atomic E-state index is -0.752. The van der Waals surface area contributed by atoms with Crippen molar-refractivity contribution in [1.82, 2.24) is 0 Å². The average Bonchev–Trinajstić information content (AvgIpc) is 2.61. The first-order valence-electron chi connectivity index (χ1n) is 10.4. The van der Waals surface area contributed by atoms with Gasteiger partial charge in [-0.15, -0.1) is 0 Å². The molecule has 0 aromatic heterocycles. The Balaban J connectivity index is 3.72. The van der Waals surface area contributed by atoms with Gasteiger partial charge in [0.05, 0.1) is 0 Å². The van der Waals surface area contributed by atoms with Crippen LogP contribution in [-0.2, 0) is 28.6 Å². The minimum absolute atomic E-state index is 0.105. The van der Waals surface area contributed by atoms with Crippen LogP contribution < -0.4 is 0 Å². The van der Waals surface area contributed by atoms with Crippen LogP contribution in [0.5, 0.6) is 0 Å². The van der Waals surface area contributed by atoms with Gasteiger partial charge in [0.25, 0.3) is 0 Å². The van der Waals surface area contributed by atoms with Crippen molar-refractivity contribution in [2.24, 2.45) is 0 Å². The Morgan fingerprint density at radius 2 is 1.07 bits per heavy atom. The summed E-state index contributed by atoms with van der Waals surface area (Å²) in [6.07, 6.45) is 12.9. The van der Waals surface area contributed by atoms with Crippen molar-refractivity contribution in [1.29, 1.82) is 0 Å². The standard InChI is InChI=1S/C21H38O6/c1-4-5-6-7-8-9-10-11-12-13-14-15-21(24)27-20(16-25-18(2)22)17-26-19(3)23/h20H,4-17H2,1-3H3. The van der Waals surface area contributed by atoms with E-state index in [2.05, 4.69) is 6.92 Å². The van der Waals surface area contributed by atoms with Gasteiger partial charge in [-0.25, -0.2) is 0 Å². The molecule has 0 atom stereocenters. The van der Waals surface area contributed by atoms with Crippen LogP contribution in [0.4, 0.5) is 0 Å². The predicted molar refractivity (Wildman–Crippen MR) is 104 cm³/mol. The maximum atomic E-state index is 11.9. The number of carbonyl (C=O) groups excluding carboxylic acids is 3. The van der Waals surface area contributed by atoms with E-state index < -0.39 is 18.0 Å². The quantitative estimate of drug-likeness (QED) is 0.204. The molecular formula is C21H38O6. The summed E-state index contributed by atoms with van der Waals surface area (Å²) in [7, 11) is 0. The largest absolute Gasteiger partial charge is 0.462 e. The van der Waals surface area contributed by atoms with Gasteiger partial charge in [-0.3, -0.25) is 14.4 Å². The van der Waals surface area contributed by atoms with Crippen LogP contribution in [0.1, 0.15) is 97.8 Å². The second kappa shape index (κ2) is 17.8. The van der Waals surface area contributed by atoms with Gasteiger partial charge in [-0.1, -0.05) is 71.1 Å². The van der Waals surface area contributed by atoms with Gasteiger partial charge < -0.3 is 14.2 Å². The zero-order valence-electron chi connectivity index (χ0n) is 17.4. The fraction of sp³-hybridized carbons (Fsp3) is 0.857. The molecule has 0 spiro atoms. The highest BCUT2D eigenvalue weighted by Crippen LogP contribution is 2.12. The smallest absolute Gasteiger partial charge is 0.306 e. The Hall–Kier alpha value is -1.59. The van der Waals surface area contributed by atoms with E-state index >= 15 is 0 Å². The Labute approximate surface area is 164 Å². The highest BCUT2D eigenvalue weighted by Gasteiger charge is 2.17. The summed E-state index contributed by atoms with van der Waals surface area (Å²) < 4.78 is 14.9. The minimum Gasteiger partial charge on any atom is -0.462 e. The van der Waals surface area contributed by atoms with Crippen molar-refractivity contribution in [2.75, 3.05) is 13.2 Å². The van der Waals surface area contributed by atoms with Crippen molar-refractivity contribution in [2.45, 2.75) is 104 Å². The van der Waals surface area contributed by atoms with E-state index in [-0.39, 0.29) is 19.2 Å². The van der Waals surface area contributed by atoms with E-state index in [0.29, 0.717) is 6.42 Å². The first-order valence-corrected chi connectivity index (χ1v) is 10.4. The fourth-order valence-corrected chi connectivity index (χ4v) is 2.72. The van der Waals surface area contributed by atoms with Crippen LogP contribution in [0.3, 0.4) is 0 Å². The van der Waals surface area contributed by atoms with E-state index in [1.807, 2.05) is 0 Å². The summed E-state index contributed by atoms with van der Waals surface area (Å²) in [6.45, 7) is 4.57. The lowest BCUT2D eigenvalue weighted by atomic mass is 10.1. The molecule has 0 bridgehead atoms. The monoisotopic (exact) mass is 386 g/mol. The number of esters is 3. The molecule has 0 aromatic rings. The van der Waals surface area contributed by atoms with Gasteiger partial charge in [0.2, 0.25) is 0 Å². The van der Waals surface area contributed by atoms with Crippen molar-refractivity contribution in [3.05, 3.63) is 0 Å². The summed E-state index contributed by atoms with van der Waals surface area (Å²) >= 11 is 0. The molecule has 0 saturated carbocycles. The maximum Gasteiger partial charge on any atom is 0.306 e. The Kier molecular flexibility index (Phi) is 16.8. The topological polar surface area (TPSA) is 78.9 Å². The number of ether oxygens (including phenoxy) is 3. The van der Waals surface area contributed by atoms with E-state index in [9.17, 15) is 14.4 Å². The molecule has 0 unspecified atom stereocenters. The molecule has 0 heterocycles. The number of unbranched alkanes of at least 4 members (excludes halogenated alkanes) is 10. The van der Waals surface area contributed by atoms with E-state index in [1.165, 1.54) is 65.2 Å². The van der Waals surface area contributed by atoms with Gasteiger partial charge in [-0.05, 0) is 6.42 Å². The fourth-order valence-electron chi connectivity index (χ4n) is 2.72. The van der Waals surface area contributed by atoms with Crippen LogP contribution >= 0.6 is 0 Å². The summed E-state index contributed by atoms with van der Waals surface area (Å²) in [5.74, 6) is -1.29. The van der Waals surface area contributed by atoms with Gasteiger partial charge in [0.1, 0.15) is 13.2 Å². The number of rotatable bonds is 17. The predicted octanol–water partition coefficient (Wildman–Crippen LogP) is 4.73. The van der Waals surface area contributed by atoms with Crippen LogP contribution in [0.15, 0.2) is 0 Å². The van der Waals surface area contributed by atoms with Gasteiger partial charge in [0.15, 0.2) is 6.10 Å². The van der Waals surface area contributed by atoms with Crippen LogP contribution in [0, 0.1) is 0 Å². The average molecular weight is 387 g/mol. The summed E-state index contributed by atoms with van der Waals surface area (Å²) in [5.41, 5.74) is 0. The molecule has 0 rings (SSSR count). The summed E-state index contributed by atoms with van der Waals surface area (Å²) in [6, 6.07) is 0. The Morgan fingerprint density at radius 3 is 1.48 bits per heavy atom. The van der Waals surface area contributed by atoms with E-state index in [4.69, 9.17) is 14.2 Å². The molecular weight excluding hydrogens is 348 g/mol. The van der Waals surface area contributed by atoms with Crippen molar-refractivity contribution in [3.63, 3.8) is 0 Å². The van der Waals surface area contributed by atoms with E-state index in [1.54, 1.807) is 0 Å². The van der Waals surface area contributed by atoms with Gasteiger partial charge in [0, 0.05) is 20.3 Å². The second-order valence-electron chi connectivity index (χ2n) is 7.00. The third-order valence-electron chi connectivity index (χ3n) is 4.23. The SMILES string of the molecule is CCCCCCCCCCCCCC(=O)OC(COC(C)=O)COC(C)=O. The molecule has 0 aromatic carbocycles. The van der Waals surface area contributed by atoms with E-state index in [0.717, 1.165) is 19.3 Å².